The summed E-state index contributed by atoms with van der Waals surface area (Å²) in [6, 6.07) is 10.4. The highest BCUT2D eigenvalue weighted by atomic mass is 127. The van der Waals surface area contributed by atoms with Crippen LogP contribution in [0.1, 0.15) is 25.0 Å². The molecule has 0 fully saturated rings. The lowest BCUT2D eigenvalue weighted by Crippen LogP contribution is -2.38. The first-order valence-electron chi connectivity index (χ1n) is 8.48. The quantitative estimate of drug-likeness (QED) is 0.213. The number of hydrogen-bond donors (Lipinski definition) is 2. The second-order valence-corrected chi connectivity index (χ2v) is 6.74. The Morgan fingerprint density at radius 3 is 2.88 bits per heavy atom. The summed E-state index contributed by atoms with van der Waals surface area (Å²) in [5, 5.41) is 15.1. The van der Waals surface area contributed by atoms with E-state index in [4.69, 9.17) is 0 Å². The molecule has 1 aliphatic rings. The van der Waals surface area contributed by atoms with E-state index in [1.165, 1.54) is 4.90 Å². The number of thioether (sulfide) groups is 1. The maximum Gasteiger partial charge on any atom is 0.191 e. The van der Waals surface area contributed by atoms with E-state index in [1.807, 2.05) is 17.8 Å². The van der Waals surface area contributed by atoms with Crippen LogP contribution in [0.5, 0.6) is 0 Å². The van der Waals surface area contributed by atoms with Gasteiger partial charge in [0.25, 0.3) is 0 Å². The van der Waals surface area contributed by atoms with Gasteiger partial charge in [0, 0.05) is 36.7 Å². The van der Waals surface area contributed by atoms with Crippen LogP contribution in [0.15, 0.2) is 40.2 Å². The van der Waals surface area contributed by atoms with E-state index in [2.05, 4.69) is 61.6 Å². The average molecular weight is 472 g/mol. The second-order valence-electron chi connectivity index (χ2n) is 5.57. The minimum absolute atomic E-state index is 0. The van der Waals surface area contributed by atoms with Crippen molar-refractivity contribution in [1.29, 1.82) is 0 Å². The van der Waals surface area contributed by atoms with Gasteiger partial charge in [0.2, 0.25) is 0 Å². The summed E-state index contributed by atoms with van der Waals surface area (Å²) < 4.78 is 2.19. The van der Waals surface area contributed by atoms with E-state index in [1.54, 1.807) is 0 Å². The molecule has 8 heteroatoms. The SMILES string of the molecule is CCNC(=NCc1nnc2n1CCC2)NCCSc1ccccc1.I. The summed E-state index contributed by atoms with van der Waals surface area (Å²) in [5.41, 5.74) is 0. The molecule has 3 rings (SSSR count). The molecule has 0 saturated heterocycles. The molecular weight excluding hydrogens is 447 g/mol. The zero-order chi connectivity index (χ0) is 16.6. The Kier molecular flexibility index (Phi) is 8.53. The fourth-order valence-corrected chi connectivity index (χ4v) is 3.46. The van der Waals surface area contributed by atoms with E-state index in [0.717, 1.165) is 55.8 Å². The minimum Gasteiger partial charge on any atom is -0.357 e. The number of aliphatic imine (C=N–C) groups is 1. The second kappa shape index (κ2) is 10.6. The van der Waals surface area contributed by atoms with Gasteiger partial charge in [0.15, 0.2) is 11.8 Å². The zero-order valence-electron chi connectivity index (χ0n) is 14.4. The van der Waals surface area contributed by atoms with Gasteiger partial charge in [-0.3, -0.25) is 0 Å². The summed E-state index contributed by atoms with van der Waals surface area (Å²) in [7, 11) is 0. The lowest BCUT2D eigenvalue weighted by molar-refractivity contribution is 0.685. The third kappa shape index (κ3) is 5.88. The minimum atomic E-state index is 0. The summed E-state index contributed by atoms with van der Waals surface area (Å²) in [5.74, 6) is 3.88. The molecule has 2 heterocycles. The molecular formula is C17H25IN6S. The first kappa shape index (κ1) is 20.0. The number of nitrogens with one attached hydrogen (secondary N) is 2. The Labute approximate surface area is 170 Å². The van der Waals surface area contributed by atoms with Gasteiger partial charge >= 0.3 is 0 Å². The normalized spacial score (nSPS) is 13.2. The van der Waals surface area contributed by atoms with Crippen LogP contribution in [0.3, 0.4) is 0 Å². The summed E-state index contributed by atoms with van der Waals surface area (Å²) in [6.07, 6.45) is 2.20. The average Bonchev–Trinajstić information content (AvgIpc) is 3.21. The van der Waals surface area contributed by atoms with Gasteiger partial charge in [-0.1, -0.05) is 18.2 Å². The largest absolute Gasteiger partial charge is 0.357 e. The van der Waals surface area contributed by atoms with E-state index < -0.39 is 0 Å². The van der Waals surface area contributed by atoms with Gasteiger partial charge in [-0.05, 0) is 25.5 Å². The molecule has 2 aromatic rings. The number of aryl methyl sites for hydroxylation is 1. The fraction of sp³-hybridized carbons (Fsp3) is 0.471. The third-order valence-corrected chi connectivity index (χ3v) is 4.83. The Morgan fingerprint density at radius 2 is 2.08 bits per heavy atom. The van der Waals surface area contributed by atoms with Gasteiger partial charge in [0.1, 0.15) is 12.4 Å². The topological polar surface area (TPSA) is 67.1 Å². The molecule has 0 aliphatic carbocycles. The first-order chi connectivity index (χ1) is 11.9. The molecule has 1 aliphatic heterocycles. The van der Waals surface area contributed by atoms with Crippen LogP contribution in [0.4, 0.5) is 0 Å². The van der Waals surface area contributed by atoms with Crippen LogP contribution < -0.4 is 10.6 Å². The third-order valence-electron chi connectivity index (χ3n) is 3.82. The molecule has 0 spiro atoms. The van der Waals surface area contributed by atoms with E-state index >= 15 is 0 Å². The van der Waals surface area contributed by atoms with Crippen molar-refractivity contribution in [3.63, 3.8) is 0 Å². The predicted molar refractivity (Wildman–Crippen MR) is 114 cm³/mol. The number of benzene rings is 1. The Balaban J connectivity index is 0.00000225. The van der Waals surface area contributed by atoms with Crippen LogP contribution in [-0.4, -0.2) is 39.6 Å². The van der Waals surface area contributed by atoms with Gasteiger partial charge in [-0.2, -0.15) is 0 Å². The maximum absolute atomic E-state index is 4.64. The number of fused-ring (bicyclic) bond motifs is 1. The molecule has 0 unspecified atom stereocenters. The number of aromatic nitrogens is 3. The highest BCUT2D eigenvalue weighted by molar-refractivity contribution is 14.0. The lowest BCUT2D eigenvalue weighted by atomic mass is 10.4. The van der Waals surface area contributed by atoms with E-state index in [9.17, 15) is 0 Å². The van der Waals surface area contributed by atoms with Crippen molar-refractivity contribution in [3.05, 3.63) is 42.0 Å². The molecule has 1 aromatic carbocycles. The number of halogens is 1. The van der Waals surface area contributed by atoms with Crippen molar-refractivity contribution in [2.24, 2.45) is 4.99 Å². The molecule has 0 saturated carbocycles. The van der Waals surface area contributed by atoms with E-state index in [-0.39, 0.29) is 24.0 Å². The molecule has 2 N–H and O–H groups in total. The van der Waals surface area contributed by atoms with Crippen LogP contribution in [0.25, 0.3) is 0 Å². The molecule has 0 bridgehead atoms. The summed E-state index contributed by atoms with van der Waals surface area (Å²) >= 11 is 1.84. The van der Waals surface area contributed by atoms with Gasteiger partial charge in [0.05, 0.1) is 0 Å². The fourth-order valence-electron chi connectivity index (χ4n) is 2.67. The van der Waals surface area contributed by atoms with Crippen molar-refractivity contribution in [2.75, 3.05) is 18.8 Å². The first-order valence-corrected chi connectivity index (χ1v) is 9.46. The number of rotatable bonds is 7. The highest BCUT2D eigenvalue weighted by Crippen LogP contribution is 2.16. The van der Waals surface area contributed by atoms with E-state index in [0.29, 0.717) is 6.54 Å². The van der Waals surface area contributed by atoms with Crippen molar-refractivity contribution in [3.8, 4) is 0 Å². The monoisotopic (exact) mass is 472 g/mol. The van der Waals surface area contributed by atoms with Crippen molar-refractivity contribution >= 4 is 41.7 Å². The number of nitrogens with zero attached hydrogens (tertiary/aromatic N) is 4. The molecule has 0 amide bonds. The van der Waals surface area contributed by atoms with Crippen LogP contribution in [-0.2, 0) is 19.5 Å². The number of hydrogen-bond acceptors (Lipinski definition) is 4. The summed E-state index contributed by atoms with van der Waals surface area (Å²) in [4.78, 5) is 5.93. The lowest BCUT2D eigenvalue weighted by Gasteiger charge is -2.11. The van der Waals surface area contributed by atoms with Crippen molar-refractivity contribution < 1.29 is 0 Å². The number of guanidine groups is 1. The molecule has 1 aromatic heterocycles. The van der Waals surface area contributed by atoms with Gasteiger partial charge in [-0.15, -0.1) is 45.9 Å². The Morgan fingerprint density at radius 1 is 1.24 bits per heavy atom. The van der Waals surface area contributed by atoms with Crippen LogP contribution in [0, 0.1) is 0 Å². The molecule has 6 nitrogen and oxygen atoms in total. The molecule has 0 radical (unpaired) electrons. The zero-order valence-corrected chi connectivity index (χ0v) is 17.6. The Hall–Kier alpha value is -1.29. The predicted octanol–water partition coefficient (Wildman–Crippen LogP) is 2.69. The van der Waals surface area contributed by atoms with Crippen molar-refractivity contribution in [1.82, 2.24) is 25.4 Å². The molecule has 25 heavy (non-hydrogen) atoms. The Bertz CT molecular complexity index is 673. The maximum atomic E-state index is 4.64. The molecule has 136 valence electrons. The highest BCUT2D eigenvalue weighted by Gasteiger charge is 2.16. The molecule has 0 atom stereocenters. The van der Waals surface area contributed by atoms with Gasteiger partial charge < -0.3 is 15.2 Å². The van der Waals surface area contributed by atoms with Gasteiger partial charge in [-0.25, -0.2) is 4.99 Å². The van der Waals surface area contributed by atoms with Crippen LogP contribution >= 0.6 is 35.7 Å². The smallest absolute Gasteiger partial charge is 0.191 e. The van der Waals surface area contributed by atoms with Crippen molar-refractivity contribution in [2.45, 2.75) is 37.8 Å². The standard InChI is InChI=1S/C17H24N6S.HI/c1-2-18-17(19-10-12-24-14-7-4-3-5-8-14)20-13-16-22-21-15-9-6-11-23(15)16;/h3-5,7-8H,2,6,9-13H2,1H3,(H2,18,19,20);1H. The summed E-state index contributed by atoms with van der Waals surface area (Å²) in [6.45, 7) is 5.36. The van der Waals surface area contributed by atoms with Crippen LogP contribution in [0.2, 0.25) is 0 Å².